The van der Waals surface area contributed by atoms with Crippen LogP contribution in [0.2, 0.25) is 0 Å². The monoisotopic (exact) mass is 311 g/mol. The molecule has 0 unspecified atom stereocenters. The third-order valence-electron chi connectivity index (χ3n) is 3.40. The molecule has 1 amide bonds. The normalized spacial score (nSPS) is 16.7. The van der Waals surface area contributed by atoms with Crippen molar-refractivity contribution in [3.63, 3.8) is 0 Å². The van der Waals surface area contributed by atoms with Gasteiger partial charge in [-0.25, -0.2) is 0 Å². The molecule has 1 aromatic carbocycles. The number of ether oxygens (including phenoxy) is 1. The molecular weight excluding hydrogens is 294 g/mol. The van der Waals surface area contributed by atoms with E-state index in [4.69, 9.17) is 4.74 Å². The molecule has 1 saturated heterocycles. The van der Waals surface area contributed by atoms with Crippen molar-refractivity contribution in [1.82, 2.24) is 4.90 Å². The number of nitrogens with zero attached hydrogens (tertiary/aromatic N) is 1. The minimum Gasteiger partial charge on any atom is -0.378 e. The third kappa shape index (κ3) is 2.75. The third-order valence-corrected chi connectivity index (χ3v) is 3.93. The van der Waals surface area contributed by atoms with Gasteiger partial charge in [0.15, 0.2) is 0 Å². The van der Waals surface area contributed by atoms with Crippen LogP contribution in [0.5, 0.6) is 0 Å². The Bertz CT molecular complexity index is 422. The average Bonchev–Trinajstić information content (AvgIpc) is 2.39. The molecule has 0 atom stereocenters. The van der Waals surface area contributed by atoms with Crippen molar-refractivity contribution in [2.75, 3.05) is 26.3 Å². The molecule has 0 saturated carbocycles. The first-order valence-electron chi connectivity index (χ1n) is 6.15. The van der Waals surface area contributed by atoms with Gasteiger partial charge in [0.1, 0.15) is 0 Å². The highest BCUT2D eigenvalue weighted by atomic mass is 79.9. The number of carbonyl (C=O) groups excluding carboxylic acids is 1. The molecule has 0 spiro atoms. The van der Waals surface area contributed by atoms with Gasteiger partial charge in [0.25, 0.3) is 0 Å². The van der Waals surface area contributed by atoms with Gasteiger partial charge in [-0.2, -0.15) is 0 Å². The Balaban J connectivity index is 2.18. The molecular formula is C14H18BrNO2. The Kier molecular flexibility index (Phi) is 4.07. The molecule has 0 aromatic heterocycles. The van der Waals surface area contributed by atoms with Crippen molar-refractivity contribution in [2.24, 2.45) is 0 Å². The van der Waals surface area contributed by atoms with Crippen LogP contribution in [-0.2, 0) is 14.9 Å². The van der Waals surface area contributed by atoms with Crippen molar-refractivity contribution in [3.8, 4) is 0 Å². The molecule has 1 aliphatic heterocycles. The lowest BCUT2D eigenvalue weighted by molar-refractivity contribution is -0.140. The van der Waals surface area contributed by atoms with Gasteiger partial charge in [-0.15, -0.1) is 0 Å². The van der Waals surface area contributed by atoms with Crippen molar-refractivity contribution in [2.45, 2.75) is 19.3 Å². The van der Waals surface area contributed by atoms with E-state index in [1.54, 1.807) is 0 Å². The number of benzene rings is 1. The summed E-state index contributed by atoms with van der Waals surface area (Å²) in [4.78, 5) is 14.5. The van der Waals surface area contributed by atoms with E-state index in [1.165, 1.54) is 0 Å². The number of carbonyl (C=O) groups is 1. The molecule has 3 nitrogen and oxygen atoms in total. The summed E-state index contributed by atoms with van der Waals surface area (Å²) in [6.45, 7) is 6.63. The molecule has 18 heavy (non-hydrogen) atoms. The van der Waals surface area contributed by atoms with Gasteiger partial charge < -0.3 is 9.64 Å². The van der Waals surface area contributed by atoms with Gasteiger partial charge in [0, 0.05) is 17.6 Å². The van der Waals surface area contributed by atoms with Gasteiger partial charge in [-0.3, -0.25) is 4.79 Å². The molecule has 1 aliphatic rings. The SMILES string of the molecule is CC(C)(C(=O)N1CCOCC1)c1ccc(Br)cc1. The molecule has 1 fully saturated rings. The zero-order valence-electron chi connectivity index (χ0n) is 10.8. The summed E-state index contributed by atoms with van der Waals surface area (Å²) in [5.41, 5.74) is 0.556. The standard InChI is InChI=1S/C14H18BrNO2/c1-14(2,11-3-5-12(15)6-4-11)13(17)16-7-9-18-10-8-16/h3-6H,7-10H2,1-2H3. The van der Waals surface area contributed by atoms with Gasteiger partial charge in [-0.05, 0) is 31.5 Å². The largest absolute Gasteiger partial charge is 0.378 e. The predicted octanol–water partition coefficient (Wildman–Crippen LogP) is 2.59. The first-order valence-corrected chi connectivity index (χ1v) is 6.94. The van der Waals surface area contributed by atoms with Crippen molar-refractivity contribution in [3.05, 3.63) is 34.3 Å². The van der Waals surface area contributed by atoms with E-state index in [1.807, 2.05) is 43.0 Å². The van der Waals surface area contributed by atoms with Crippen LogP contribution in [0.1, 0.15) is 19.4 Å². The topological polar surface area (TPSA) is 29.5 Å². The molecule has 2 rings (SSSR count). The van der Waals surface area contributed by atoms with E-state index in [0.717, 1.165) is 10.0 Å². The van der Waals surface area contributed by atoms with E-state index in [0.29, 0.717) is 26.3 Å². The second kappa shape index (κ2) is 5.41. The predicted molar refractivity (Wildman–Crippen MR) is 74.6 cm³/mol. The lowest BCUT2D eigenvalue weighted by atomic mass is 9.83. The number of amides is 1. The van der Waals surface area contributed by atoms with Crippen LogP contribution in [0.4, 0.5) is 0 Å². The maximum atomic E-state index is 12.6. The minimum absolute atomic E-state index is 0.174. The second-order valence-corrected chi connectivity index (χ2v) is 5.95. The lowest BCUT2D eigenvalue weighted by Gasteiger charge is -2.34. The molecule has 0 aliphatic carbocycles. The molecule has 0 N–H and O–H groups in total. The van der Waals surface area contributed by atoms with Crippen LogP contribution >= 0.6 is 15.9 Å². The number of hydrogen-bond donors (Lipinski definition) is 0. The van der Waals surface area contributed by atoms with E-state index >= 15 is 0 Å². The van der Waals surface area contributed by atoms with Crippen LogP contribution in [0, 0.1) is 0 Å². The Morgan fingerprint density at radius 2 is 1.78 bits per heavy atom. The van der Waals surface area contributed by atoms with Crippen LogP contribution in [0.25, 0.3) is 0 Å². The Labute approximate surface area is 116 Å². The lowest BCUT2D eigenvalue weighted by Crippen LogP contribution is -2.48. The highest BCUT2D eigenvalue weighted by molar-refractivity contribution is 9.10. The van der Waals surface area contributed by atoms with Gasteiger partial charge >= 0.3 is 0 Å². The van der Waals surface area contributed by atoms with Gasteiger partial charge in [0.2, 0.25) is 5.91 Å². The zero-order valence-corrected chi connectivity index (χ0v) is 12.4. The van der Waals surface area contributed by atoms with Crippen molar-refractivity contribution in [1.29, 1.82) is 0 Å². The van der Waals surface area contributed by atoms with Crippen LogP contribution < -0.4 is 0 Å². The van der Waals surface area contributed by atoms with E-state index < -0.39 is 5.41 Å². The van der Waals surface area contributed by atoms with E-state index in [9.17, 15) is 4.79 Å². The summed E-state index contributed by atoms with van der Waals surface area (Å²) in [5.74, 6) is 0.174. The Hall–Kier alpha value is -0.870. The first kappa shape index (κ1) is 13.6. The van der Waals surface area contributed by atoms with Gasteiger partial charge in [0.05, 0.1) is 18.6 Å². The molecule has 0 radical (unpaired) electrons. The Morgan fingerprint density at radius 1 is 1.22 bits per heavy atom. The molecule has 98 valence electrons. The maximum Gasteiger partial charge on any atom is 0.232 e. The summed E-state index contributed by atoms with van der Waals surface area (Å²) in [5, 5.41) is 0. The van der Waals surface area contributed by atoms with Crippen molar-refractivity contribution >= 4 is 21.8 Å². The fraction of sp³-hybridized carbons (Fsp3) is 0.500. The van der Waals surface area contributed by atoms with Crippen LogP contribution in [0.15, 0.2) is 28.7 Å². The van der Waals surface area contributed by atoms with E-state index in [2.05, 4.69) is 15.9 Å². The van der Waals surface area contributed by atoms with Crippen LogP contribution in [0.3, 0.4) is 0 Å². The fourth-order valence-corrected chi connectivity index (χ4v) is 2.42. The Morgan fingerprint density at radius 3 is 2.33 bits per heavy atom. The molecule has 4 heteroatoms. The summed E-state index contributed by atoms with van der Waals surface area (Å²) < 4.78 is 6.31. The molecule has 1 aromatic rings. The number of rotatable bonds is 2. The zero-order chi connectivity index (χ0) is 13.2. The summed E-state index contributed by atoms with van der Waals surface area (Å²) in [6, 6.07) is 7.96. The fourth-order valence-electron chi connectivity index (χ4n) is 2.15. The quantitative estimate of drug-likeness (QED) is 0.840. The van der Waals surface area contributed by atoms with Gasteiger partial charge in [-0.1, -0.05) is 28.1 Å². The number of hydrogen-bond acceptors (Lipinski definition) is 2. The summed E-state index contributed by atoms with van der Waals surface area (Å²) in [6.07, 6.45) is 0. The maximum absolute atomic E-state index is 12.6. The molecule has 0 bridgehead atoms. The van der Waals surface area contributed by atoms with E-state index in [-0.39, 0.29) is 5.91 Å². The highest BCUT2D eigenvalue weighted by Gasteiger charge is 2.34. The molecule has 1 heterocycles. The van der Waals surface area contributed by atoms with Crippen LogP contribution in [-0.4, -0.2) is 37.1 Å². The minimum atomic E-state index is -0.488. The summed E-state index contributed by atoms with van der Waals surface area (Å²) >= 11 is 3.41. The first-order chi connectivity index (χ1) is 8.51. The second-order valence-electron chi connectivity index (χ2n) is 5.04. The highest BCUT2D eigenvalue weighted by Crippen LogP contribution is 2.27. The van der Waals surface area contributed by atoms with Crippen molar-refractivity contribution < 1.29 is 9.53 Å². The number of halogens is 1. The summed E-state index contributed by atoms with van der Waals surface area (Å²) in [7, 11) is 0. The number of morpholine rings is 1. The smallest absolute Gasteiger partial charge is 0.232 e. The average molecular weight is 312 g/mol.